The molecular weight excluding hydrogens is 507 g/mol. The lowest BCUT2D eigenvalue weighted by atomic mass is 9.96. The van der Waals surface area contributed by atoms with Crippen molar-refractivity contribution in [1.29, 1.82) is 0 Å². The van der Waals surface area contributed by atoms with Crippen LogP contribution in [0.2, 0.25) is 0 Å². The van der Waals surface area contributed by atoms with Crippen molar-refractivity contribution in [3.8, 4) is 0 Å². The van der Waals surface area contributed by atoms with E-state index < -0.39 is 6.04 Å². The maximum absolute atomic E-state index is 13.8. The van der Waals surface area contributed by atoms with E-state index in [2.05, 4.69) is 33.1 Å². The molecule has 3 heterocycles. The number of carbonyl (C=O) groups excluding carboxylic acids is 2. The van der Waals surface area contributed by atoms with Crippen molar-refractivity contribution in [3.05, 3.63) is 95.3 Å². The number of aryl methyl sites for hydroxylation is 1. The first-order valence-corrected chi connectivity index (χ1v) is 13.8. The summed E-state index contributed by atoms with van der Waals surface area (Å²) in [5.41, 5.74) is 4.83. The lowest BCUT2D eigenvalue weighted by Gasteiger charge is -2.27. The predicted molar refractivity (Wildman–Crippen MR) is 150 cm³/mol. The van der Waals surface area contributed by atoms with Crippen molar-refractivity contribution in [3.63, 3.8) is 0 Å². The fourth-order valence-electron chi connectivity index (χ4n) is 6.12. The molecule has 0 bridgehead atoms. The monoisotopic (exact) mass is 540 g/mol. The first kappa shape index (κ1) is 26.1. The van der Waals surface area contributed by atoms with E-state index >= 15 is 0 Å². The van der Waals surface area contributed by atoms with Gasteiger partial charge in [0.2, 0.25) is 11.8 Å². The minimum absolute atomic E-state index is 0.0267. The Kier molecular flexibility index (Phi) is 7.30. The fraction of sp³-hybridized carbons (Fsp3) is 0.355. The normalized spacial score (nSPS) is 22.6. The summed E-state index contributed by atoms with van der Waals surface area (Å²) in [7, 11) is 1.84. The van der Waals surface area contributed by atoms with Gasteiger partial charge in [-0.3, -0.25) is 9.59 Å². The van der Waals surface area contributed by atoms with Gasteiger partial charge in [0.25, 0.3) is 0 Å². The predicted octanol–water partition coefficient (Wildman–Crippen LogP) is 3.33. The van der Waals surface area contributed by atoms with E-state index in [0.29, 0.717) is 32.4 Å². The molecule has 2 aliphatic rings. The summed E-state index contributed by atoms with van der Waals surface area (Å²) in [6, 6.07) is 21.6. The number of carbonyl (C=O) groups is 2. The molecule has 2 saturated heterocycles. The number of likely N-dealkylation sites (tertiary alicyclic amines) is 1. The number of hydrogen-bond acceptors (Lipinski definition) is 5. The first-order chi connectivity index (χ1) is 19.4. The number of amides is 2. The largest absolute Gasteiger partial charge is 0.350 e. The zero-order chi connectivity index (χ0) is 27.6. The Labute approximate surface area is 232 Å². The molecule has 2 N–H and O–H groups in total. The van der Waals surface area contributed by atoms with Crippen LogP contribution in [0.1, 0.15) is 35.4 Å². The Bertz CT molecular complexity index is 1510. The van der Waals surface area contributed by atoms with E-state index in [9.17, 15) is 14.0 Å². The van der Waals surface area contributed by atoms with E-state index in [0.717, 1.165) is 28.7 Å². The third-order valence-electron chi connectivity index (χ3n) is 8.25. The molecule has 2 aliphatic heterocycles. The highest BCUT2D eigenvalue weighted by molar-refractivity contribution is 5.90. The quantitative estimate of drug-likeness (QED) is 0.375. The molecule has 6 rings (SSSR count). The van der Waals surface area contributed by atoms with E-state index in [1.54, 1.807) is 21.7 Å². The van der Waals surface area contributed by atoms with Gasteiger partial charge in [-0.2, -0.15) is 0 Å². The fourth-order valence-corrected chi connectivity index (χ4v) is 6.12. The summed E-state index contributed by atoms with van der Waals surface area (Å²) >= 11 is 0. The number of hydrogen-bond donors (Lipinski definition) is 2. The molecule has 2 amide bonds. The molecule has 4 unspecified atom stereocenters. The van der Waals surface area contributed by atoms with Gasteiger partial charge in [-0.05, 0) is 72.1 Å². The van der Waals surface area contributed by atoms with Gasteiger partial charge in [-0.15, -0.1) is 5.10 Å². The van der Waals surface area contributed by atoms with Crippen LogP contribution in [0.25, 0.3) is 11.0 Å². The molecule has 0 aliphatic carbocycles. The maximum atomic E-state index is 13.8. The highest BCUT2D eigenvalue weighted by Gasteiger charge is 2.43. The molecule has 1 aromatic heterocycles. The van der Waals surface area contributed by atoms with E-state index in [4.69, 9.17) is 0 Å². The smallest absolute Gasteiger partial charge is 0.243 e. The summed E-state index contributed by atoms with van der Waals surface area (Å²) in [5.74, 6) is -0.0966. The molecular formula is C31H33FN6O2. The lowest BCUT2D eigenvalue weighted by Crippen LogP contribution is -2.51. The Balaban J connectivity index is 1.16. The Morgan fingerprint density at radius 2 is 1.80 bits per heavy atom. The molecule has 9 heteroatoms. The summed E-state index contributed by atoms with van der Waals surface area (Å²) in [5, 5.41) is 14.7. The minimum atomic E-state index is -0.559. The second kappa shape index (κ2) is 11.2. The van der Waals surface area contributed by atoms with Crippen LogP contribution in [0, 0.1) is 11.7 Å². The van der Waals surface area contributed by atoms with Gasteiger partial charge in [0, 0.05) is 26.7 Å². The highest BCUT2D eigenvalue weighted by Crippen LogP contribution is 2.31. The average molecular weight is 541 g/mol. The van der Waals surface area contributed by atoms with Gasteiger partial charge >= 0.3 is 0 Å². The highest BCUT2D eigenvalue weighted by atomic mass is 19.1. The standard InChI is InChI=1S/C31H33FN6O2/c1-37-28-12-9-21(14-26(28)35-36-37)17-34-30(39)29-15-22(13-20-7-10-25(32)11-8-20)19-38(29)31(40)27-16-24(18-33-27)23-5-3-2-4-6-23/h2-12,14,22,24,27,29,33H,13,15-19H2,1H3,(H,34,39). The van der Waals surface area contributed by atoms with Gasteiger partial charge in [-0.25, -0.2) is 9.07 Å². The van der Waals surface area contributed by atoms with Crippen molar-refractivity contribution >= 4 is 22.8 Å². The van der Waals surface area contributed by atoms with Gasteiger partial charge in [0.15, 0.2) is 0 Å². The molecule has 40 heavy (non-hydrogen) atoms. The van der Waals surface area contributed by atoms with Crippen molar-refractivity contribution in [2.24, 2.45) is 13.0 Å². The van der Waals surface area contributed by atoms with E-state index in [-0.39, 0.29) is 35.5 Å². The van der Waals surface area contributed by atoms with Crippen LogP contribution < -0.4 is 10.6 Å². The van der Waals surface area contributed by atoms with Crippen molar-refractivity contribution in [1.82, 2.24) is 30.5 Å². The SMILES string of the molecule is Cn1nnc2cc(CNC(=O)C3CC(Cc4ccc(F)cc4)CN3C(=O)C3CC(c4ccccc4)CN3)ccc21. The summed E-state index contributed by atoms with van der Waals surface area (Å²) in [6.07, 6.45) is 1.95. The molecule has 0 spiro atoms. The Morgan fingerprint density at radius 3 is 2.60 bits per heavy atom. The van der Waals surface area contributed by atoms with Crippen LogP contribution in [0.5, 0.6) is 0 Å². The molecule has 4 atom stereocenters. The first-order valence-electron chi connectivity index (χ1n) is 13.8. The number of nitrogens with one attached hydrogen (secondary N) is 2. The molecule has 206 valence electrons. The molecule has 8 nitrogen and oxygen atoms in total. The molecule has 0 saturated carbocycles. The van der Waals surface area contributed by atoms with Crippen LogP contribution in [-0.4, -0.2) is 56.9 Å². The molecule has 3 aromatic carbocycles. The number of nitrogens with zero attached hydrogens (tertiary/aromatic N) is 4. The number of halogens is 1. The summed E-state index contributed by atoms with van der Waals surface area (Å²) < 4.78 is 15.2. The van der Waals surface area contributed by atoms with Crippen molar-refractivity contribution in [2.75, 3.05) is 13.1 Å². The van der Waals surface area contributed by atoms with Gasteiger partial charge in [0.1, 0.15) is 17.4 Å². The second-order valence-corrected chi connectivity index (χ2v) is 11.0. The maximum Gasteiger partial charge on any atom is 0.243 e. The Morgan fingerprint density at radius 1 is 1.02 bits per heavy atom. The number of rotatable bonds is 7. The van der Waals surface area contributed by atoms with Crippen LogP contribution in [0.3, 0.4) is 0 Å². The van der Waals surface area contributed by atoms with Gasteiger partial charge in [0.05, 0.1) is 11.6 Å². The van der Waals surface area contributed by atoms with Crippen LogP contribution in [0.4, 0.5) is 4.39 Å². The van der Waals surface area contributed by atoms with Crippen LogP contribution in [-0.2, 0) is 29.6 Å². The van der Waals surface area contributed by atoms with E-state index in [1.807, 2.05) is 43.4 Å². The zero-order valence-electron chi connectivity index (χ0n) is 22.5. The number of aromatic nitrogens is 3. The third-order valence-corrected chi connectivity index (χ3v) is 8.25. The van der Waals surface area contributed by atoms with Crippen LogP contribution >= 0.6 is 0 Å². The Hall–Kier alpha value is -4.11. The second-order valence-electron chi connectivity index (χ2n) is 11.0. The molecule has 4 aromatic rings. The van der Waals surface area contributed by atoms with Crippen LogP contribution in [0.15, 0.2) is 72.8 Å². The molecule has 2 fully saturated rings. The third kappa shape index (κ3) is 5.47. The minimum Gasteiger partial charge on any atom is -0.350 e. The van der Waals surface area contributed by atoms with Crippen molar-refractivity contribution in [2.45, 2.75) is 43.8 Å². The summed E-state index contributed by atoms with van der Waals surface area (Å²) in [6.45, 7) is 1.56. The van der Waals surface area contributed by atoms with Gasteiger partial charge in [-0.1, -0.05) is 53.7 Å². The average Bonchev–Trinajstić information content (AvgIpc) is 3.72. The number of fused-ring (bicyclic) bond motifs is 1. The van der Waals surface area contributed by atoms with Crippen molar-refractivity contribution < 1.29 is 14.0 Å². The molecule has 0 radical (unpaired) electrons. The summed E-state index contributed by atoms with van der Waals surface area (Å²) in [4.78, 5) is 29.1. The van der Waals surface area contributed by atoms with Gasteiger partial charge < -0.3 is 15.5 Å². The number of benzene rings is 3. The van der Waals surface area contributed by atoms with E-state index in [1.165, 1.54) is 17.7 Å². The topological polar surface area (TPSA) is 92.2 Å². The zero-order valence-corrected chi connectivity index (χ0v) is 22.5. The lowest BCUT2D eigenvalue weighted by molar-refractivity contribution is -0.139.